The lowest BCUT2D eigenvalue weighted by Crippen LogP contribution is -2.64. The molecule has 0 aromatic carbocycles. The first-order valence-electron chi connectivity index (χ1n) is 9.12. The van der Waals surface area contributed by atoms with Crippen LogP contribution < -0.4 is 5.48 Å². The van der Waals surface area contributed by atoms with Crippen LogP contribution in [-0.4, -0.2) is 77.2 Å². The Morgan fingerprint density at radius 1 is 1.32 bits per heavy atom. The Bertz CT molecular complexity index is 768. The molecular formula is C17H25N3O7S. The summed E-state index contributed by atoms with van der Waals surface area (Å²) in [6, 6.07) is 3.72. The summed E-state index contributed by atoms with van der Waals surface area (Å²) in [5.74, 6) is -1.18. The molecule has 3 heterocycles. The van der Waals surface area contributed by atoms with Gasteiger partial charge in [-0.3, -0.25) is 15.0 Å². The average Bonchev–Trinajstić information content (AvgIpc) is 2.73. The molecule has 3 rings (SSSR count). The molecule has 2 aliphatic heterocycles. The fourth-order valence-electron chi connectivity index (χ4n) is 3.58. The van der Waals surface area contributed by atoms with Gasteiger partial charge in [0.1, 0.15) is 5.25 Å². The van der Waals surface area contributed by atoms with E-state index in [4.69, 9.17) is 14.7 Å². The minimum Gasteiger partial charge on any atom is -0.378 e. The molecule has 2 aliphatic rings. The minimum absolute atomic E-state index is 0.0370. The summed E-state index contributed by atoms with van der Waals surface area (Å²) in [7, 11) is -3.97. The Kier molecular flexibility index (Phi) is 6.63. The molecule has 1 amide bonds. The maximum Gasteiger partial charge on any atom is 0.279 e. The molecule has 2 unspecified atom stereocenters. The van der Waals surface area contributed by atoms with Gasteiger partial charge in [0.2, 0.25) is 10.0 Å². The standard InChI is InChI=1S/C17H25N3O7S/c21-16(19-23)17(22)12-26-10-5-15(17)28(24,25)20-8-3-14(4-9-20)27-11-13-1-6-18-7-2-13/h1-2,6-7,14-15,22-23H,3-5,8-12H2,(H,19,21). The highest BCUT2D eigenvalue weighted by Crippen LogP contribution is 2.30. The molecule has 0 radical (unpaired) electrons. The lowest BCUT2D eigenvalue weighted by molar-refractivity contribution is -0.161. The zero-order valence-corrected chi connectivity index (χ0v) is 16.2. The first kappa shape index (κ1) is 21.1. The molecule has 28 heavy (non-hydrogen) atoms. The largest absolute Gasteiger partial charge is 0.378 e. The van der Waals surface area contributed by atoms with Crippen LogP contribution in [0.3, 0.4) is 0 Å². The van der Waals surface area contributed by atoms with Crippen molar-refractivity contribution in [1.29, 1.82) is 0 Å². The van der Waals surface area contributed by atoms with E-state index in [-0.39, 0.29) is 32.2 Å². The van der Waals surface area contributed by atoms with Crippen molar-refractivity contribution in [2.24, 2.45) is 0 Å². The smallest absolute Gasteiger partial charge is 0.279 e. The lowest BCUT2D eigenvalue weighted by atomic mass is 9.95. The van der Waals surface area contributed by atoms with Crippen LogP contribution in [0.4, 0.5) is 0 Å². The number of hydrogen-bond acceptors (Lipinski definition) is 8. The van der Waals surface area contributed by atoms with Crippen molar-refractivity contribution < 1.29 is 33.0 Å². The van der Waals surface area contributed by atoms with Crippen LogP contribution in [0.2, 0.25) is 0 Å². The van der Waals surface area contributed by atoms with Gasteiger partial charge in [0.05, 0.1) is 19.3 Å². The van der Waals surface area contributed by atoms with E-state index in [1.807, 2.05) is 12.1 Å². The highest BCUT2D eigenvalue weighted by molar-refractivity contribution is 7.89. The van der Waals surface area contributed by atoms with E-state index in [1.165, 1.54) is 9.79 Å². The number of hydrogen-bond donors (Lipinski definition) is 3. The summed E-state index contributed by atoms with van der Waals surface area (Å²) < 4.78 is 38.3. The fraction of sp³-hybridized carbons (Fsp3) is 0.647. The Labute approximate surface area is 163 Å². The maximum atomic E-state index is 13.1. The predicted octanol–water partition coefficient (Wildman–Crippen LogP) is -0.582. The summed E-state index contributed by atoms with van der Waals surface area (Å²) in [5.41, 5.74) is 0.00330. The molecule has 1 aromatic heterocycles. The van der Waals surface area contributed by atoms with Crippen LogP contribution in [0.1, 0.15) is 24.8 Å². The van der Waals surface area contributed by atoms with Gasteiger partial charge in [0.15, 0.2) is 5.60 Å². The number of ether oxygens (including phenoxy) is 2. The Balaban J connectivity index is 1.61. The molecule has 11 heteroatoms. The van der Waals surface area contributed by atoms with Gasteiger partial charge in [0, 0.05) is 32.1 Å². The van der Waals surface area contributed by atoms with Crippen LogP contribution in [0.5, 0.6) is 0 Å². The molecule has 156 valence electrons. The van der Waals surface area contributed by atoms with Gasteiger partial charge in [-0.25, -0.2) is 18.2 Å². The third-order valence-corrected chi connectivity index (χ3v) is 7.66. The van der Waals surface area contributed by atoms with Crippen molar-refractivity contribution in [2.75, 3.05) is 26.3 Å². The van der Waals surface area contributed by atoms with Gasteiger partial charge in [-0.15, -0.1) is 0 Å². The van der Waals surface area contributed by atoms with Gasteiger partial charge in [0.25, 0.3) is 5.91 Å². The van der Waals surface area contributed by atoms with Crippen molar-refractivity contribution in [3.63, 3.8) is 0 Å². The zero-order chi connectivity index (χ0) is 20.2. The van der Waals surface area contributed by atoms with Crippen LogP contribution in [0, 0.1) is 0 Å². The second kappa shape index (κ2) is 8.80. The number of nitrogens with zero attached hydrogens (tertiary/aromatic N) is 2. The number of carbonyl (C=O) groups is 1. The third kappa shape index (κ3) is 4.34. The van der Waals surface area contributed by atoms with Crippen molar-refractivity contribution in [3.05, 3.63) is 30.1 Å². The number of aromatic nitrogens is 1. The lowest BCUT2D eigenvalue weighted by Gasteiger charge is -2.41. The molecule has 0 saturated carbocycles. The normalized spacial score (nSPS) is 27.4. The summed E-state index contributed by atoms with van der Waals surface area (Å²) >= 11 is 0. The number of nitrogens with one attached hydrogen (secondary N) is 1. The van der Waals surface area contributed by atoms with E-state index >= 15 is 0 Å². The van der Waals surface area contributed by atoms with Gasteiger partial charge in [-0.1, -0.05) is 0 Å². The monoisotopic (exact) mass is 415 g/mol. The molecule has 2 atom stereocenters. The molecule has 0 bridgehead atoms. The number of pyridine rings is 1. The van der Waals surface area contributed by atoms with Crippen molar-refractivity contribution >= 4 is 15.9 Å². The molecule has 10 nitrogen and oxygen atoms in total. The van der Waals surface area contributed by atoms with Crippen LogP contribution in [0.15, 0.2) is 24.5 Å². The number of aliphatic hydroxyl groups is 1. The van der Waals surface area contributed by atoms with Crippen LogP contribution >= 0.6 is 0 Å². The van der Waals surface area contributed by atoms with Gasteiger partial charge in [-0.05, 0) is 37.0 Å². The quantitative estimate of drug-likeness (QED) is 0.414. The number of carbonyl (C=O) groups excluding carboxylic acids is 1. The Morgan fingerprint density at radius 2 is 2.00 bits per heavy atom. The fourth-order valence-corrected chi connectivity index (χ4v) is 5.72. The number of piperidine rings is 1. The highest BCUT2D eigenvalue weighted by atomic mass is 32.2. The first-order chi connectivity index (χ1) is 13.4. The molecule has 3 N–H and O–H groups in total. The minimum atomic E-state index is -3.97. The number of amides is 1. The van der Waals surface area contributed by atoms with Gasteiger partial charge in [-0.2, -0.15) is 0 Å². The van der Waals surface area contributed by atoms with Crippen LogP contribution in [-0.2, 0) is 30.9 Å². The summed E-state index contributed by atoms with van der Waals surface area (Å²) in [4.78, 5) is 15.9. The van der Waals surface area contributed by atoms with E-state index in [2.05, 4.69) is 4.98 Å². The van der Waals surface area contributed by atoms with Crippen molar-refractivity contribution in [3.8, 4) is 0 Å². The Morgan fingerprint density at radius 3 is 2.64 bits per heavy atom. The summed E-state index contributed by atoms with van der Waals surface area (Å²) in [5, 5.41) is 18.1. The van der Waals surface area contributed by atoms with E-state index in [1.54, 1.807) is 12.4 Å². The molecule has 2 saturated heterocycles. The van der Waals surface area contributed by atoms with E-state index in [9.17, 15) is 18.3 Å². The van der Waals surface area contributed by atoms with Gasteiger partial charge < -0.3 is 14.6 Å². The molecule has 2 fully saturated rings. The highest BCUT2D eigenvalue weighted by Gasteiger charge is 2.54. The van der Waals surface area contributed by atoms with E-state index in [0.717, 1.165) is 5.56 Å². The number of sulfonamides is 1. The average molecular weight is 415 g/mol. The maximum absolute atomic E-state index is 13.1. The van der Waals surface area contributed by atoms with Gasteiger partial charge >= 0.3 is 0 Å². The van der Waals surface area contributed by atoms with Crippen LogP contribution in [0.25, 0.3) is 0 Å². The van der Waals surface area contributed by atoms with Crippen molar-refractivity contribution in [1.82, 2.24) is 14.8 Å². The number of rotatable bonds is 6. The zero-order valence-electron chi connectivity index (χ0n) is 15.4. The molecule has 0 aliphatic carbocycles. The molecule has 0 spiro atoms. The van der Waals surface area contributed by atoms with Crippen molar-refractivity contribution in [2.45, 2.75) is 42.8 Å². The summed E-state index contributed by atoms with van der Waals surface area (Å²) in [6.45, 7) is 0.511. The third-order valence-electron chi connectivity index (χ3n) is 5.23. The molecule has 1 aromatic rings. The SMILES string of the molecule is O=C(NO)C1(O)COCCC1S(=O)(=O)N1CCC(OCc2ccncc2)CC1. The Hall–Kier alpha value is -1.63. The second-order valence-corrected chi connectivity index (χ2v) is 9.12. The second-order valence-electron chi connectivity index (χ2n) is 7.00. The van der Waals surface area contributed by atoms with E-state index in [0.29, 0.717) is 19.4 Å². The molecular weight excluding hydrogens is 390 g/mol. The topological polar surface area (TPSA) is 138 Å². The first-order valence-corrected chi connectivity index (χ1v) is 10.6. The van der Waals surface area contributed by atoms with E-state index < -0.39 is 33.4 Å². The predicted molar refractivity (Wildman–Crippen MR) is 96.6 cm³/mol. The summed E-state index contributed by atoms with van der Waals surface area (Å²) in [6.07, 6.45) is 4.28. The number of hydroxylamine groups is 1.